The van der Waals surface area contributed by atoms with Gasteiger partial charge in [-0.15, -0.1) is 0 Å². The number of hydrogen-bond donors (Lipinski definition) is 1. The Balaban J connectivity index is 2.06. The summed E-state index contributed by atoms with van der Waals surface area (Å²) in [6.45, 7) is 0.929. The van der Waals surface area contributed by atoms with E-state index in [1.54, 1.807) is 0 Å². The minimum absolute atomic E-state index is 0.0664. The molecule has 2 nitrogen and oxygen atoms in total. The summed E-state index contributed by atoms with van der Waals surface area (Å²) < 4.78 is 28.2. The molecule has 1 aliphatic rings. The van der Waals surface area contributed by atoms with Crippen LogP contribution in [0.4, 0.5) is 14.5 Å². The number of nitrogens with two attached hydrogens (primary N) is 1. The van der Waals surface area contributed by atoms with E-state index in [1.165, 1.54) is 23.8 Å². The van der Waals surface area contributed by atoms with Gasteiger partial charge in [-0.05, 0) is 36.6 Å². The lowest BCUT2D eigenvalue weighted by Crippen LogP contribution is -2.38. The predicted octanol–water partition coefficient (Wildman–Crippen LogP) is 3.42. The van der Waals surface area contributed by atoms with Crippen LogP contribution in [-0.2, 0) is 6.42 Å². The van der Waals surface area contributed by atoms with Crippen molar-refractivity contribution in [3.63, 3.8) is 0 Å². The van der Waals surface area contributed by atoms with Gasteiger partial charge in [0.05, 0.1) is 6.04 Å². The number of aryl methyl sites for hydroxylation is 1. The summed E-state index contributed by atoms with van der Waals surface area (Å²) in [4.78, 5) is 2.03. The molecule has 2 aromatic carbocycles. The summed E-state index contributed by atoms with van der Waals surface area (Å²) in [5.41, 5.74) is 8.16. The highest BCUT2D eigenvalue weighted by atomic mass is 19.1. The Bertz CT molecular complexity index is 622. The summed E-state index contributed by atoms with van der Waals surface area (Å²) >= 11 is 0. The summed E-state index contributed by atoms with van der Waals surface area (Å²) in [5.74, 6) is -1.07. The van der Waals surface area contributed by atoms with Crippen molar-refractivity contribution >= 4 is 5.69 Å². The van der Waals surface area contributed by atoms with Crippen molar-refractivity contribution in [1.29, 1.82) is 0 Å². The molecule has 2 aromatic rings. The monoisotopic (exact) mass is 288 g/mol. The fourth-order valence-corrected chi connectivity index (χ4v) is 3.12. The van der Waals surface area contributed by atoms with Crippen LogP contribution in [0.3, 0.4) is 0 Å². The van der Waals surface area contributed by atoms with Crippen LogP contribution < -0.4 is 10.6 Å². The Hall–Kier alpha value is -1.94. The third kappa shape index (κ3) is 2.51. The zero-order valence-electron chi connectivity index (χ0n) is 11.7. The average molecular weight is 288 g/mol. The van der Waals surface area contributed by atoms with Crippen LogP contribution in [0.15, 0.2) is 42.5 Å². The highest BCUT2D eigenvalue weighted by Crippen LogP contribution is 2.35. The molecule has 0 saturated heterocycles. The van der Waals surface area contributed by atoms with E-state index in [9.17, 15) is 8.78 Å². The van der Waals surface area contributed by atoms with E-state index in [0.717, 1.165) is 25.1 Å². The fraction of sp³-hybridized carbons (Fsp3) is 0.294. The highest BCUT2D eigenvalue weighted by molar-refractivity contribution is 5.57. The van der Waals surface area contributed by atoms with Gasteiger partial charge in [-0.2, -0.15) is 0 Å². The van der Waals surface area contributed by atoms with E-state index in [1.807, 2.05) is 23.1 Å². The molecule has 3 rings (SSSR count). The van der Waals surface area contributed by atoms with Gasteiger partial charge in [-0.3, -0.25) is 0 Å². The third-order valence-corrected chi connectivity index (χ3v) is 4.08. The molecule has 110 valence electrons. The number of nitrogens with zero attached hydrogens (tertiary/aromatic N) is 1. The van der Waals surface area contributed by atoms with Crippen LogP contribution in [0.5, 0.6) is 0 Å². The quantitative estimate of drug-likeness (QED) is 0.937. The molecule has 1 unspecified atom stereocenters. The van der Waals surface area contributed by atoms with Gasteiger partial charge in [-0.25, -0.2) is 8.78 Å². The van der Waals surface area contributed by atoms with Crippen LogP contribution >= 0.6 is 0 Å². The smallest absolute Gasteiger partial charge is 0.131 e. The van der Waals surface area contributed by atoms with E-state index in [-0.39, 0.29) is 12.1 Å². The normalized spacial score (nSPS) is 15.7. The van der Waals surface area contributed by atoms with E-state index >= 15 is 0 Å². The number of rotatable bonds is 3. The molecule has 0 aliphatic carbocycles. The number of anilines is 1. The van der Waals surface area contributed by atoms with Crippen molar-refractivity contribution in [2.24, 2.45) is 5.73 Å². The minimum atomic E-state index is -0.534. The molecule has 1 atom stereocenters. The van der Waals surface area contributed by atoms with Gasteiger partial charge < -0.3 is 10.6 Å². The Labute approximate surface area is 123 Å². The van der Waals surface area contributed by atoms with E-state index in [0.29, 0.717) is 0 Å². The molecular formula is C17H18F2N2. The first-order chi connectivity index (χ1) is 10.2. The van der Waals surface area contributed by atoms with Gasteiger partial charge >= 0.3 is 0 Å². The molecule has 1 aliphatic heterocycles. The number of benzene rings is 2. The fourth-order valence-electron chi connectivity index (χ4n) is 3.12. The van der Waals surface area contributed by atoms with Gasteiger partial charge in [0.25, 0.3) is 0 Å². The van der Waals surface area contributed by atoms with Crippen molar-refractivity contribution in [1.82, 2.24) is 0 Å². The topological polar surface area (TPSA) is 29.3 Å². The molecule has 4 heteroatoms. The number of halogens is 2. The zero-order chi connectivity index (χ0) is 14.8. The van der Waals surface area contributed by atoms with E-state index < -0.39 is 17.7 Å². The van der Waals surface area contributed by atoms with Crippen LogP contribution in [0.25, 0.3) is 0 Å². The van der Waals surface area contributed by atoms with Crippen molar-refractivity contribution in [3.05, 3.63) is 65.2 Å². The van der Waals surface area contributed by atoms with Crippen molar-refractivity contribution in [3.8, 4) is 0 Å². The molecule has 0 saturated carbocycles. The van der Waals surface area contributed by atoms with Crippen molar-refractivity contribution in [2.45, 2.75) is 18.9 Å². The van der Waals surface area contributed by atoms with Gasteiger partial charge in [0.2, 0.25) is 0 Å². The third-order valence-electron chi connectivity index (χ3n) is 4.08. The van der Waals surface area contributed by atoms with Gasteiger partial charge in [-0.1, -0.05) is 24.3 Å². The van der Waals surface area contributed by atoms with Crippen LogP contribution in [-0.4, -0.2) is 13.1 Å². The lowest BCUT2D eigenvalue weighted by atomic mass is 9.96. The Morgan fingerprint density at radius 3 is 2.48 bits per heavy atom. The van der Waals surface area contributed by atoms with Crippen LogP contribution in [0, 0.1) is 11.6 Å². The molecule has 2 N–H and O–H groups in total. The second-order valence-corrected chi connectivity index (χ2v) is 5.31. The van der Waals surface area contributed by atoms with Crippen LogP contribution in [0.2, 0.25) is 0 Å². The molecule has 0 fully saturated rings. The lowest BCUT2D eigenvalue weighted by molar-refractivity contribution is 0.500. The second kappa shape index (κ2) is 5.82. The maximum Gasteiger partial charge on any atom is 0.131 e. The zero-order valence-corrected chi connectivity index (χ0v) is 11.7. The molecule has 0 aromatic heterocycles. The molecule has 0 radical (unpaired) electrons. The maximum atomic E-state index is 14.1. The van der Waals surface area contributed by atoms with Crippen molar-refractivity contribution in [2.75, 3.05) is 18.0 Å². The highest BCUT2D eigenvalue weighted by Gasteiger charge is 2.28. The molecule has 21 heavy (non-hydrogen) atoms. The minimum Gasteiger partial charge on any atom is -0.363 e. The molecule has 0 spiro atoms. The van der Waals surface area contributed by atoms with Gasteiger partial charge in [0.15, 0.2) is 0 Å². The second-order valence-electron chi connectivity index (χ2n) is 5.31. The standard InChI is InChI=1S/C17H18F2N2/c18-13-7-3-8-14(19)17(13)16(11-20)21-10-4-6-12-5-1-2-9-15(12)21/h1-3,5,7-9,16H,4,6,10-11,20H2. The summed E-state index contributed by atoms with van der Waals surface area (Å²) in [6.07, 6.45) is 1.95. The van der Waals surface area contributed by atoms with Gasteiger partial charge in [0, 0.05) is 24.3 Å². The number of hydrogen-bond acceptors (Lipinski definition) is 2. The van der Waals surface area contributed by atoms with E-state index in [4.69, 9.17) is 5.73 Å². The largest absolute Gasteiger partial charge is 0.363 e. The Morgan fingerprint density at radius 2 is 1.76 bits per heavy atom. The molecule has 0 amide bonds. The van der Waals surface area contributed by atoms with Crippen LogP contribution in [0.1, 0.15) is 23.6 Å². The molecule has 1 heterocycles. The summed E-state index contributed by atoms with van der Waals surface area (Å²) in [5, 5.41) is 0. The lowest BCUT2D eigenvalue weighted by Gasteiger charge is -2.38. The maximum absolute atomic E-state index is 14.1. The number of fused-ring (bicyclic) bond motifs is 1. The Morgan fingerprint density at radius 1 is 1.05 bits per heavy atom. The van der Waals surface area contributed by atoms with Crippen molar-refractivity contribution < 1.29 is 8.78 Å². The summed E-state index contributed by atoms with van der Waals surface area (Å²) in [6, 6.07) is 11.5. The predicted molar refractivity (Wildman–Crippen MR) is 80.3 cm³/mol. The number of para-hydroxylation sites is 1. The first-order valence-electron chi connectivity index (χ1n) is 7.21. The average Bonchev–Trinajstić information content (AvgIpc) is 2.51. The SMILES string of the molecule is NCC(c1c(F)cccc1F)N1CCCc2ccccc21. The Kier molecular flexibility index (Phi) is 3.88. The molecular weight excluding hydrogens is 270 g/mol. The molecule has 0 bridgehead atoms. The van der Waals surface area contributed by atoms with E-state index in [2.05, 4.69) is 6.07 Å². The first-order valence-corrected chi connectivity index (χ1v) is 7.21. The summed E-state index contributed by atoms with van der Waals surface area (Å²) in [7, 11) is 0. The first kappa shape index (κ1) is 14.0. The van der Waals surface area contributed by atoms with Gasteiger partial charge in [0.1, 0.15) is 11.6 Å².